The largest absolute Gasteiger partial charge is 0.356 e. The van der Waals surface area contributed by atoms with Crippen molar-refractivity contribution < 1.29 is 4.79 Å². The Hall–Kier alpha value is -2.10. The topological polar surface area (TPSA) is 46.9 Å². The number of amides is 1. The lowest BCUT2D eigenvalue weighted by atomic mass is 10.1. The van der Waals surface area contributed by atoms with Crippen LogP contribution in [0.3, 0.4) is 0 Å². The first-order valence-electron chi connectivity index (χ1n) is 7.90. The highest BCUT2D eigenvalue weighted by Gasteiger charge is 2.26. The second kappa shape index (κ2) is 5.95. The molecule has 0 spiro atoms. The maximum Gasteiger partial charge on any atom is 0.223 e. The predicted octanol–water partition coefficient (Wildman–Crippen LogP) is 2.11. The van der Waals surface area contributed by atoms with E-state index in [4.69, 9.17) is 0 Å². The minimum absolute atomic E-state index is 0.0912. The molecule has 4 nitrogen and oxygen atoms in total. The number of nitrogens with zero attached hydrogens (tertiary/aromatic N) is 2. The molecule has 0 saturated heterocycles. The Balaban J connectivity index is 1.54. The van der Waals surface area contributed by atoms with Crippen LogP contribution in [0.5, 0.6) is 0 Å². The zero-order valence-electron chi connectivity index (χ0n) is 13.5. The van der Waals surface area contributed by atoms with Crippen LogP contribution in [0.2, 0.25) is 0 Å². The van der Waals surface area contributed by atoms with Gasteiger partial charge in [0.05, 0.1) is 5.69 Å². The van der Waals surface area contributed by atoms with Crippen molar-refractivity contribution in [1.29, 1.82) is 0 Å². The van der Waals surface area contributed by atoms with Crippen molar-refractivity contribution in [2.24, 2.45) is 13.0 Å². The van der Waals surface area contributed by atoms with Crippen LogP contribution in [0.4, 0.5) is 0 Å². The Labute approximate surface area is 131 Å². The van der Waals surface area contributed by atoms with Gasteiger partial charge >= 0.3 is 0 Å². The highest BCUT2D eigenvalue weighted by atomic mass is 16.1. The average molecular weight is 297 g/mol. The van der Waals surface area contributed by atoms with E-state index < -0.39 is 0 Å². The van der Waals surface area contributed by atoms with E-state index in [0.717, 1.165) is 25.0 Å². The zero-order valence-corrected chi connectivity index (χ0v) is 13.5. The number of hydrogen-bond acceptors (Lipinski definition) is 2. The number of benzene rings is 1. The Morgan fingerprint density at radius 2 is 1.91 bits per heavy atom. The lowest BCUT2D eigenvalue weighted by molar-refractivity contribution is -0.124. The Morgan fingerprint density at radius 3 is 2.45 bits per heavy atom. The van der Waals surface area contributed by atoms with E-state index in [-0.39, 0.29) is 11.8 Å². The summed E-state index contributed by atoms with van der Waals surface area (Å²) in [6.07, 6.45) is 2.58. The van der Waals surface area contributed by atoms with E-state index in [9.17, 15) is 4.79 Å². The first-order chi connectivity index (χ1) is 10.6. The summed E-state index contributed by atoms with van der Waals surface area (Å²) in [5.41, 5.74) is 6.13. The molecule has 1 aromatic heterocycles. The highest BCUT2D eigenvalue weighted by molar-refractivity contribution is 5.80. The van der Waals surface area contributed by atoms with Gasteiger partial charge in [-0.05, 0) is 49.8 Å². The molecule has 1 heterocycles. The third-order valence-corrected chi connectivity index (χ3v) is 4.75. The van der Waals surface area contributed by atoms with Gasteiger partial charge in [-0.2, -0.15) is 5.10 Å². The van der Waals surface area contributed by atoms with Gasteiger partial charge in [0.1, 0.15) is 0 Å². The SMILES string of the molecule is Cc1nn(C)c(C)c1CCNC(=O)C1Cc2ccccc2C1. The second-order valence-electron chi connectivity index (χ2n) is 6.19. The van der Waals surface area contributed by atoms with Crippen molar-refractivity contribution in [3.8, 4) is 0 Å². The molecule has 2 aromatic rings. The number of aryl methyl sites for hydroxylation is 2. The number of hydrogen-bond donors (Lipinski definition) is 1. The molecule has 4 heteroatoms. The predicted molar refractivity (Wildman–Crippen MR) is 86.7 cm³/mol. The lowest BCUT2D eigenvalue weighted by Gasteiger charge is -2.10. The highest BCUT2D eigenvalue weighted by Crippen LogP contribution is 2.26. The molecule has 1 aliphatic carbocycles. The molecule has 0 bridgehead atoms. The van der Waals surface area contributed by atoms with Crippen LogP contribution in [0.1, 0.15) is 28.1 Å². The fraction of sp³-hybridized carbons (Fsp3) is 0.444. The maximum atomic E-state index is 12.3. The van der Waals surface area contributed by atoms with E-state index in [0.29, 0.717) is 6.54 Å². The summed E-state index contributed by atoms with van der Waals surface area (Å²) in [6.45, 7) is 4.78. The van der Waals surface area contributed by atoms with Gasteiger partial charge in [-0.25, -0.2) is 0 Å². The molecular weight excluding hydrogens is 274 g/mol. The number of nitrogens with one attached hydrogen (secondary N) is 1. The van der Waals surface area contributed by atoms with Gasteiger partial charge in [0.15, 0.2) is 0 Å². The van der Waals surface area contributed by atoms with Crippen LogP contribution in [0.25, 0.3) is 0 Å². The molecule has 0 atom stereocenters. The third-order valence-electron chi connectivity index (χ3n) is 4.75. The minimum atomic E-state index is 0.0912. The molecule has 1 amide bonds. The van der Waals surface area contributed by atoms with Crippen LogP contribution < -0.4 is 5.32 Å². The Kier molecular flexibility index (Phi) is 4.01. The molecular formula is C18H23N3O. The standard InChI is InChI=1S/C18H23N3O/c1-12-17(13(2)21(3)20-12)8-9-19-18(22)16-10-14-6-4-5-7-15(14)11-16/h4-7,16H,8-11H2,1-3H3,(H,19,22). The summed E-state index contributed by atoms with van der Waals surface area (Å²) in [6, 6.07) is 8.36. The molecule has 0 unspecified atom stereocenters. The quantitative estimate of drug-likeness (QED) is 0.939. The zero-order chi connectivity index (χ0) is 15.7. The van der Waals surface area contributed by atoms with Crippen molar-refractivity contribution in [3.05, 3.63) is 52.3 Å². The van der Waals surface area contributed by atoms with Gasteiger partial charge in [-0.15, -0.1) is 0 Å². The molecule has 0 radical (unpaired) electrons. The van der Waals surface area contributed by atoms with Crippen LogP contribution in [0.15, 0.2) is 24.3 Å². The molecule has 0 fully saturated rings. The lowest BCUT2D eigenvalue weighted by Crippen LogP contribution is -2.32. The van der Waals surface area contributed by atoms with Crippen LogP contribution in [-0.4, -0.2) is 22.2 Å². The molecule has 0 aliphatic heterocycles. The molecule has 3 rings (SSSR count). The van der Waals surface area contributed by atoms with Gasteiger partial charge in [-0.1, -0.05) is 24.3 Å². The summed E-state index contributed by atoms with van der Waals surface area (Å²) in [5.74, 6) is 0.267. The molecule has 1 aromatic carbocycles. The van der Waals surface area contributed by atoms with Crippen molar-refractivity contribution in [3.63, 3.8) is 0 Å². The fourth-order valence-corrected chi connectivity index (χ4v) is 3.38. The van der Waals surface area contributed by atoms with E-state index in [1.165, 1.54) is 22.4 Å². The van der Waals surface area contributed by atoms with Gasteiger partial charge in [0.2, 0.25) is 5.91 Å². The van der Waals surface area contributed by atoms with Gasteiger partial charge < -0.3 is 5.32 Å². The Bertz CT molecular complexity index is 677. The molecule has 22 heavy (non-hydrogen) atoms. The number of carbonyl (C=O) groups is 1. The molecule has 0 saturated carbocycles. The van der Waals surface area contributed by atoms with E-state index in [1.54, 1.807) is 0 Å². The third kappa shape index (κ3) is 2.78. The number of aromatic nitrogens is 2. The van der Waals surface area contributed by atoms with E-state index in [1.807, 2.05) is 30.8 Å². The van der Waals surface area contributed by atoms with Crippen molar-refractivity contribution in [1.82, 2.24) is 15.1 Å². The van der Waals surface area contributed by atoms with Crippen molar-refractivity contribution in [2.45, 2.75) is 33.1 Å². The van der Waals surface area contributed by atoms with E-state index >= 15 is 0 Å². The minimum Gasteiger partial charge on any atom is -0.356 e. The van der Waals surface area contributed by atoms with Crippen molar-refractivity contribution in [2.75, 3.05) is 6.54 Å². The second-order valence-corrected chi connectivity index (χ2v) is 6.19. The Morgan fingerprint density at radius 1 is 1.27 bits per heavy atom. The normalized spacial score (nSPS) is 14.1. The fourth-order valence-electron chi connectivity index (χ4n) is 3.38. The van der Waals surface area contributed by atoms with Crippen LogP contribution >= 0.6 is 0 Å². The first kappa shape index (κ1) is 14.8. The number of fused-ring (bicyclic) bond motifs is 1. The maximum absolute atomic E-state index is 12.3. The summed E-state index contributed by atoms with van der Waals surface area (Å²) in [7, 11) is 1.96. The first-order valence-corrected chi connectivity index (χ1v) is 7.90. The van der Waals surface area contributed by atoms with Crippen molar-refractivity contribution >= 4 is 5.91 Å². The molecule has 1 N–H and O–H groups in total. The van der Waals surface area contributed by atoms with E-state index in [2.05, 4.69) is 29.5 Å². The monoisotopic (exact) mass is 297 g/mol. The molecule has 116 valence electrons. The van der Waals surface area contributed by atoms with Gasteiger partial charge in [0, 0.05) is 25.2 Å². The smallest absolute Gasteiger partial charge is 0.223 e. The van der Waals surface area contributed by atoms with Gasteiger partial charge in [0.25, 0.3) is 0 Å². The number of carbonyl (C=O) groups excluding carboxylic acids is 1. The number of rotatable bonds is 4. The summed E-state index contributed by atoms with van der Waals surface area (Å²) >= 11 is 0. The molecule has 1 aliphatic rings. The van der Waals surface area contributed by atoms with Crippen LogP contribution in [0, 0.1) is 19.8 Å². The van der Waals surface area contributed by atoms with Crippen LogP contribution in [-0.2, 0) is 31.1 Å². The summed E-state index contributed by atoms with van der Waals surface area (Å²) in [4.78, 5) is 12.3. The van der Waals surface area contributed by atoms with Gasteiger partial charge in [-0.3, -0.25) is 9.48 Å². The summed E-state index contributed by atoms with van der Waals surface area (Å²) in [5, 5.41) is 7.51. The summed E-state index contributed by atoms with van der Waals surface area (Å²) < 4.78 is 1.90. The average Bonchev–Trinajstić information content (AvgIpc) is 3.03.